The average Bonchev–Trinajstić information content (AvgIpc) is 3.02. The van der Waals surface area contributed by atoms with Crippen LogP contribution in [0.15, 0.2) is 0 Å². The van der Waals surface area contributed by atoms with Crippen molar-refractivity contribution >= 4 is 0 Å². The fourth-order valence-electron chi connectivity index (χ4n) is 12.6. The molecule has 86 valence electrons. The topological polar surface area (TPSA) is 26.0 Å². The van der Waals surface area contributed by atoms with Gasteiger partial charge >= 0.3 is 0 Å². The second-order valence-corrected chi connectivity index (χ2v) is 9.57. The summed E-state index contributed by atoms with van der Waals surface area (Å²) in [5.74, 6) is 8.67. The van der Waals surface area contributed by atoms with Crippen LogP contribution in [0.1, 0.15) is 19.3 Å². The van der Waals surface area contributed by atoms with E-state index in [1.54, 1.807) is 19.3 Å². The fraction of sp³-hybridized carbons (Fsp3) is 1.00. The first kappa shape index (κ1) is 6.93. The Morgan fingerprint density at radius 3 is 2.47 bits per heavy atom. The van der Waals surface area contributed by atoms with Crippen LogP contribution in [0.3, 0.4) is 0 Å². The highest BCUT2D eigenvalue weighted by Crippen LogP contribution is 3.31. The molecule has 4 spiro atoms. The molecule has 9 aliphatic rings. The maximum atomic E-state index is 6.22. The summed E-state index contributed by atoms with van der Waals surface area (Å²) < 4.78 is 0. The summed E-state index contributed by atoms with van der Waals surface area (Å²) in [6.07, 6.45) is 4.92. The largest absolute Gasteiger partial charge is 0.330 e. The van der Waals surface area contributed by atoms with Crippen LogP contribution in [0.5, 0.6) is 0 Å². The standard InChI is InChI=1S/C16H17N/c17-4-12-3-13(12)11-9-7-2-5-1-6-8-10(12)16(11,13)15(8,9)14(5,6)7/h5-11H,1-4,17H2/t5?,6?,7?,8?,9?,10?,11?,12-,13?,14?,15?,16?/m0/s1. The molecule has 11 unspecified atom stereocenters. The molecule has 9 rings (SSSR count). The summed E-state index contributed by atoms with van der Waals surface area (Å²) >= 11 is 0. The summed E-state index contributed by atoms with van der Waals surface area (Å²) in [4.78, 5) is 0. The molecule has 0 aliphatic heterocycles. The van der Waals surface area contributed by atoms with Crippen molar-refractivity contribution in [1.82, 2.24) is 0 Å². The van der Waals surface area contributed by atoms with E-state index < -0.39 is 0 Å². The average molecular weight is 223 g/mol. The number of rotatable bonds is 1. The molecule has 0 saturated heterocycles. The van der Waals surface area contributed by atoms with Crippen LogP contribution in [-0.2, 0) is 0 Å². The molecule has 9 fully saturated rings. The fourth-order valence-corrected chi connectivity index (χ4v) is 12.6. The maximum absolute atomic E-state index is 6.22. The maximum Gasteiger partial charge on any atom is -0.00117 e. The van der Waals surface area contributed by atoms with Crippen molar-refractivity contribution in [1.29, 1.82) is 0 Å². The highest BCUT2D eigenvalue weighted by molar-refractivity contribution is 5.74. The van der Waals surface area contributed by atoms with Crippen LogP contribution in [0.4, 0.5) is 0 Å². The number of nitrogens with two attached hydrogens (primary N) is 1. The molecule has 0 bridgehead atoms. The summed E-state index contributed by atoms with van der Waals surface area (Å²) in [7, 11) is 0. The monoisotopic (exact) mass is 223 g/mol. The quantitative estimate of drug-likeness (QED) is 0.716. The second-order valence-electron chi connectivity index (χ2n) is 9.57. The molecule has 2 N–H and O–H groups in total. The van der Waals surface area contributed by atoms with Gasteiger partial charge in [-0.05, 0) is 94.3 Å². The molecule has 0 aromatic carbocycles. The molecule has 1 heteroatoms. The SMILES string of the molecule is NC[C@]12CC13C1C4C5CC6CC7C8C2C13C48C657. The molecule has 9 aliphatic carbocycles. The van der Waals surface area contributed by atoms with Gasteiger partial charge in [-0.3, -0.25) is 0 Å². The van der Waals surface area contributed by atoms with Gasteiger partial charge < -0.3 is 5.73 Å². The molecular weight excluding hydrogens is 206 g/mol. The highest BCUT2D eigenvalue weighted by atomic mass is 15.3. The zero-order chi connectivity index (χ0) is 10.4. The Kier molecular flexibility index (Phi) is 0.482. The predicted molar refractivity (Wildman–Crippen MR) is 59.5 cm³/mol. The Balaban J connectivity index is 1.43. The first-order chi connectivity index (χ1) is 8.33. The Hall–Kier alpha value is -0.0400. The van der Waals surface area contributed by atoms with Gasteiger partial charge in [-0.1, -0.05) is 0 Å². The molecule has 0 radical (unpaired) electrons. The molecule has 9 saturated carbocycles. The third kappa shape index (κ3) is 0.220. The van der Waals surface area contributed by atoms with Gasteiger partial charge in [0.2, 0.25) is 0 Å². The Bertz CT molecular complexity index is 641. The lowest BCUT2D eigenvalue weighted by molar-refractivity contribution is -0.622. The minimum Gasteiger partial charge on any atom is -0.330 e. The first-order valence-electron chi connectivity index (χ1n) is 8.03. The van der Waals surface area contributed by atoms with Crippen LogP contribution in [0.25, 0.3) is 0 Å². The van der Waals surface area contributed by atoms with E-state index in [2.05, 4.69) is 0 Å². The van der Waals surface area contributed by atoms with Gasteiger partial charge in [-0.15, -0.1) is 0 Å². The van der Waals surface area contributed by atoms with Gasteiger partial charge in [-0.2, -0.15) is 0 Å². The van der Waals surface area contributed by atoms with E-state index in [0.29, 0.717) is 0 Å². The van der Waals surface area contributed by atoms with E-state index in [9.17, 15) is 0 Å². The molecule has 0 heterocycles. The van der Waals surface area contributed by atoms with Gasteiger partial charge in [0.1, 0.15) is 0 Å². The molecule has 12 atom stereocenters. The Morgan fingerprint density at radius 1 is 1.00 bits per heavy atom. The van der Waals surface area contributed by atoms with Crippen LogP contribution >= 0.6 is 0 Å². The lowest BCUT2D eigenvalue weighted by Gasteiger charge is -3.08. The Labute approximate surface area is 101 Å². The number of hydrogen-bond acceptors (Lipinski definition) is 1. The van der Waals surface area contributed by atoms with Crippen molar-refractivity contribution < 1.29 is 0 Å². The predicted octanol–water partition coefficient (Wildman–Crippen LogP) is 1.48. The molecule has 0 amide bonds. The lowest BCUT2D eigenvalue weighted by atomic mass is 8.95. The van der Waals surface area contributed by atoms with Crippen molar-refractivity contribution in [3.63, 3.8) is 0 Å². The molecule has 17 heavy (non-hydrogen) atoms. The van der Waals surface area contributed by atoms with E-state index in [1.807, 2.05) is 0 Å². The van der Waals surface area contributed by atoms with Crippen LogP contribution in [-0.4, -0.2) is 6.54 Å². The molecule has 0 aromatic heterocycles. The minimum atomic E-state index is 0.747. The second kappa shape index (κ2) is 1.18. The van der Waals surface area contributed by atoms with E-state index in [1.165, 1.54) is 41.4 Å². The molecule has 1 nitrogen and oxygen atoms in total. The van der Waals surface area contributed by atoms with Gasteiger partial charge in [0.15, 0.2) is 0 Å². The summed E-state index contributed by atoms with van der Waals surface area (Å²) in [5, 5.41) is 0. The minimum absolute atomic E-state index is 0.747. The molecular formula is C16H17N. The summed E-state index contributed by atoms with van der Waals surface area (Å²) in [5.41, 5.74) is 10.9. The van der Waals surface area contributed by atoms with Gasteiger partial charge in [0.25, 0.3) is 0 Å². The number of hydrogen-bond donors (Lipinski definition) is 1. The highest BCUT2D eigenvalue weighted by Gasteiger charge is 3.28. The van der Waals surface area contributed by atoms with Gasteiger partial charge in [-0.25, -0.2) is 0 Å². The normalized spacial score (nSPS) is 106. The molecule has 0 aromatic rings. The van der Waals surface area contributed by atoms with E-state index in [-0.39, 0.29) is 0 Å². The van der Waals surface area contributed by atoms with Crippen LogP contribution in [0.2, 0.25) is 0 Å². The lowest BCUT2D eigenvalue weighted by Crippen LogP contribution is -3.05. The van der Waals surface area contributed by atoms with E-state index in [0.717, 1.165) is 33.6 Å². The zero-order valence-corrected chi connectivity index (χ0v) is 9.95. The zero-order valence-electron chi connectivity index (χ0n) is 9.95. The van der Waals surface area contributed by atoms with Gasteiger partial charge in [0, 0.05) is 0 Å². The van der Waals surface area contributed by atoms with Crippen molar-refractivity contribution in [3.05, 3.63) is 0 Å². The third-order valence-corrected chi connectivity index (χ3v) is 11.5. The van der Waals surface area contributed by atoms with E-state index >= 15 is 0 Å². The first-order valence-corrected chi connectivity index (χ1v) is 8.03. The number of fused-ring (bicyclic) bond motifs is 5. The van der Waals surface area contributed by atoms with Crippen molar-refractivity contribution in [2.75, 3.05) is 6.54 Å². The van der Waals surface area contributed by atoms with Crippen LogP contribution in [0, 0.1) is 68.5 Å². The van der Waals surface area contributed by atoms with Crippen LogP contribution < -0.4 is 5.73 Å². The van der Waals surface area contributed by atoms with E-state index in [4.69, 9.17) is 5.73 Å². The Morgan fingerprint density at radius 2 is 1.76 bits per heavy atom. The van der Waals surface area contributed by atoms with Gasteiger partial charge in [0.05, 0.1) is 0 Å². The van der Waals surface area contributed by atoms with Crippen molar-refractivity contribution in [3.8, 4) is 0 Å². The summed E-state index contributed by atoms with van der Waals surface area (Å²) in [6.45, 7) is 1.06. The van der Waals surface area contributed by atoms with Crippen molar-refractivity contribution in [2.45, 2.75) is 19.3 Å². The third-order valence-electron chi connectivity index (χ3n) is 11.5. The smallest absolute Gasteiger partial charge is 0.00117 e. The summed E-state index contributed by atoms with van der Waals surface area (Å²) in [6, 6.07) is 0. The van der Waals surface area contributed by atoms with Crippen molar-refractivity contribution in [2.24, 2.45) is 74.2 Å².